The summed E-state index contributed by atoms with van der Waals surface area (Å²) in [5, 5.41) is 2.57. The van der Waals surface area contributed by atoms with Crippen LogP contribution < -0.4 is 5.32 Å². The monoisotopic (exact) mass is 640 g/mol. The molecule has 7 nitrogen and oxygen atoms in total. The van der Waals surface area contributed by atoms with Gasteiger partial charge in [0.05, 0.1) is 11.8 Å². The van der Waals surface area contributed by atoms with E-state index >= 15 is 0 Å². The van der Waals surface area contributed by atoms with Crippen molar-refractivity contribution in [1.82, 2.24) is 24.8 Å². The number of aromatic amines is 1. The number of imidazole rings is 1. The van der Waals surface area contributed by atoms with E-state index in [2.05, 4.69) is 37.0 Å². The van der Waals surface area contributed by atoms with Gasteiger partial charge in [0, 0.05) is 54.3 Å². The van der Waals surface area contributed by atoms with E-state index in [1.807, 2.05) is 19.0 Å². The number of hydrogen-bond donors (Lipinski definition) is 2. The van der Waals surface area contributed by atoms with Crippen molar-refractivity contribution in [3.8, 4) is 23.4 Å². The highest BCUT2D eigenvalue weighted by Gasteiger charge is 2.35. The van der Waals surface area contributed by atoms with E-state index in [1.54, 1.807) is 25.1 Å². The van der Waals surface area contributed by atoms with Crippen molar-refractivity contribution in [2.45, 2.75) is 38.3 Å². The fourth-order valence-corrected chi connectivity index (χ4v) is 5.12. The van der Waals surface area contributed by atoms with E-state index < -0.39 is 29.5 Å². The van der Waals surface area contributed by atoms with Crippen LogP contribution in [-0.2, 0) is 18.9 Å². The Kier molecular flexibility index (Phi) is 9.23. The minimum Gasteiger partial charge on any atom is -0.333 e. The van der Waals surface area contributed by atoms with Crippen LogP contribution in [0.25, 0.3) is 11.5 Å². The number of halogens is 6. The lowest BCUT2D eigenvalue weighted by Crippen LogP contribution is -2.31. The Balaban J connectivity index is 1.29. The number of rotatable bonds is 6. The van der Waals surface area contributed by atoms with E-state index in [1.165, 1.54) is 30.5 Å². The average molecular weight is 641 g/mol. The number of anilines is 1. The van der Waals surface area contributed by atoms with Gasteiger partial charge in [-0.25, -0.2) is 4.98 Å². The Hall–Kier alpha value is -4.67. The Bertz CT molecular complexity index is 1780. The smallest absolute Gasteiger partial charge is 0.333 e. The van der Waals surface area contributed by atoms with Crippen LogP contribution in [0.5, 0.6) is 0 Å². The number of amides is 1. The molecule has 4 aromatic rings. The number of pyridine rings is 1. The summed E-state index contributed by atoms with van der Waals surface area (Å²) in [5.74, 6) is 5.23. The summed E-state index contributed by atoms with van der Waals surface area (Å²) in [6.45, 7) is 3.33. The summed E-state index contributed by atoms with van der Waals surface area (Å²) in [6.07, 6.45) is -6.19. The Labute approximate surface area is 261 Å². The standard InChI is InChI=1S/C33H30F6N6O/c1-20-4-7-23(14-22(20)8-5-21-6-11-28(40-16-21)30-41-17-29(43-30)33(37,38)39)31(46)42-25-10-9-24(27(15-25)32(34,35)36)18-45-13-12-26(19-45)44(2)3/h4,6-7,9-11,14-17,26H,12-13,18-19H2,1-3H3,(H,41,43)(H,42,46). The van der Waals surface area contributed by atoms with Gasteiger partial charge in [0.15, 0.2) is 5.82 Å². The van der Waals surface area contributed by atoms with Crippen molar-refractivity contribution in [2.24, 2.45) is 0 Å². The average Bonchev–Trinajstić information content (AvgIpc) is 3.68. The SMILES string of the molecule is Cc1ccc(C(=O)Nc2ccc(CN3CCC(N(C)C)C3)c(C(F)(F)F)c2)cc1C#Cc1ccc(-c2ncc(C(F)(F)F)[nH]2)nc1. The van der Waals surface area contributed by atoms with Crippen molar-refractivity contribution >= 4 is 11.6 Å². The first-order valence-electron chi connectivity index (χ1n) is 14.3. The Morgan fingerprint density at radius 1 is 1.00 bits per heavy atom. The van der Waals surface area contributed by atoms with Gasteiger partial charge in [0.25, 0.3) is 5.91 Å². The number of benzene rings is 2. The molecule has 1 aliphatic rings. The van der Waals surface area contributed by atoms with Crippen LogP contribution in [0.2, 0.25) is 0 Å². The lowest BCUT2D eigenvalue weighted by Gasteiger charge is -2.22. The number of hydrogen-bond acceptors (Lipinski definition) is 5. The van der Waals surface area contributed by atoms with Crippen LogP contribution in [-0.4, -0.2) is 63.9 Å². The predicted octanol–water partition coefficient (Wildman–Crippen LogP) is 6.61. The van der Waals surface area contributed by atoms with Crippen LogP contribution in [0.4, 0.5) is 32.0 Å². The van der Waals surface area contributed by atoms with Crippen LogP contribution in [0.15, 0.2) is 60.9 Å². The molecule has 0 saturated carbocycles. The number of carbonyl (C=O) groups is 1. The molecule has 0 bridgehead atoms. The molecule has 0 radical (unpaired) electrons. The molecule has 2 aromatic carbocycles. The molecule has 1 atom stereocenters. The molecule has 240 valence electrons. The number of aryl methyl sites for hydroxylation is 1. The van der Waals surface area contributed by atoms with E-state index in [9.17, 15) is 31.1 Å². The fourth-order valence-electron chi connectivity index (χ4n) is 5.12. The number of likely N-dealkylation sites (tertiary alicyclic amines) is 1. The summed E-state index contributed by atoms with van der Waals surface area (Å²) < 4.78 is 80.7. The topological polar surface area (TPSA) is 77.2 Å². The zero-order valence-electron chi connectivity index (χ0n) is 25.1. The molecule has 1 unspecified atom stereocenters. The third kappa shape index (κ3) is 7.75. The van der Waals surface area contributed by atoms with Crippen LogP contribution in [0.3, 0.4) is 0 Å². The first-order chi connectivity index (χ1) is 21.7. The maximum absolute atomic E-state index is 14.0. The molecule has 1 aliphatic heterocycles. The number of nitrogens with one attached hydrogen (secondary N) is 2. The molecule has 1 fully saturated rings. The predicted molar refractivity (Wildman–Crippen MR) is 161 cm³/mol. The van der Waals surface area contributed by atoms with Crippen molar-refractivity contribution < 1.29 is 31.1 Å². The van der Waals surface area contributed by atoms with Gasteiger partial charge in [0.1, 0.15) is 11.4 Å². The van der Waals surface area contributed by atoms with E-state index in [0.717, 1.165) is 18.1 Å². The molecule has 1 saturated heterocycles. The molecule has 2 aromatic heterocycles. The molecule has 13 heteroatoms. The summed E-state index contributed by atoms with van der Waals surface area (Å²) in [4.78, 5) is 27.2. The Morgan fingerprint density at radius 2 is 1.78 bits per heavy atom. The largest absolute Gasteiger partial charge is 0.432 e. The summed E-state index contributed by atoms with van der Waals surface area (Å²) in [5.41, 5.74) is 0.520. The highest BCUT2D eigenvalue weighted by molar-refractivity contribution is 6.04. The number of likely N-dealkylation sites (N-methyl/N-ethyl adjacent to an activating group) is 1. The lowest BCUT2D eigenvalue weighted by molar-refractivity contribution is -0.141. The summed E-state index contributed by atoms with van der Waals surface area (Å²) in [6, 6.07) is 12.0. The van der Waals surface area contributed by atoms with Gasteiger partial charge < -0.3 is 15.2 Å². The number of alkyl halides is 6. The number of H-pyrrole nitrogens is 1. The highest BCUT2D eigenvalue weighted by atomic mass is 19.4. The van der Waals surface area contributed by atoms with E-state index in [4.69, 9.17) is 0 Å². The third-order valence-electron chi connectivity index (χ3n) is 7.77. The summed E-state index contributed by atoms with van der Waals surface area (Å²) in [7, 11) is 3.91. The maximum atomic E-state index is 14.0. The summed E-state index contributed by atoms with van der Waals surface area (Å²) >= 11 is 0. The Morgan fingerprint density at radius 3 is 2.41 bits per heavy atom. The van der Waals surface area contributed by atoms with Crippen LogP contribution >= 0.6 is 0 Å². The minimum absolute atomic E-state index is 0.0203. The zero-order valence-corrected chi connectivity index (χ0v) is 25.1. The minimum atomic E-state index is -4.60. The quantitative estimate of drug-likeness (QED) is 0.183. The molecular weight excluding hydrogens is 610 g/mol. The molecule has 46 heavy (non-hydrogen) atoms. The first-order valence-corrected chi connectivity index (χ1v) is 14.3. The van der Waals surface area contributed by atoms with E-state index in [-0.39, 0.29) is 34.9 Å². The van der Waals surface area contributed by atoms with Crippen molar-refractivity contribution in [1.29, 1.82) is 0 Å². The molecule has 2 N–H and O–H groups in total. The van der Waals surface area contributed by atoms with Crippen LogP contribution in [0, 0.1) is 18.8 Å². The zero-order chi connectivity index (χ0) is 33.2. The number of carbonyl (C=O) groups excluding carboxylic acids is 1. The van der Waals surface area contributed by atoms with Gasteiger partial charge in [0.2, 0.25) is 0 Å². The van der Waals surface area contributed by atoms with E-state index in [0.29, 0.717) is 36.5 Å². The molecule has 0 spiro atoms. The van der Waals surface area contributed by atoms with Crippen molar-refractivity contribution in [3.05, 3.63) is 100.0 Å². The molecular formula is C33H30F6N6O. The second kappa shape index (κ2) is 13.0. The van der Waals surface area contributed by atoms with Gasteiger partial charge >= 0.3 is 12.4 Å². The fraction of sp³-hybridized carbons (Fsp3) is 0.303. The van der Waals surface area contributed by atoms with Gasteiger partial charge in [-0.3, -0.25) is 14.7 Å². The maximum Gasteiger partial charge on any atom is 0.432 e. The molecule has 0 aliphatic carbocycles. The van der Waals surface area contributed by atoms with Crippen molar-refractivity contribution in [3.63, 3.8) is 0 Å². The first kappa shape index (κ1) is 32.7. The highest BCUT2D eigenvalue weighted by Crippen LogP contribution is 2.35. The van der Waals surface area contributed by atoms with Crippen molar-refractivity contribution in [2.75, 3.05) is 32.5 Å². The second-order valence-electron chi connectivity index (χ2n) is 11.3. The third-order valence-corrected chi connectivity index (χ3v) is 7.77. The number of aromatic nitrogens is 3. The van der Waals surface area contributed by atoms with Gasteiger partial charge in [-0.2, -0.15) is 26.3 Å². The molecule has 3 heterocycles. The molecule has 5 rings (SSSR count). The van der Waals surface area contributed by atoms with Crippen LogP contribution in [0.1, 0.15) is 50.3 Å². The van der Waals surface area contributed by atoms with Gasteiger partial charge in [-0.1, -0.05) is 24.0 Å². The van der Waals surface area contributed by atoms with Gasteiger partial charge in [-0.05, 0) is 75.0 Å². The number of nitrogens with zero attached hydrogens (tertiary/aromatic N) is 4. The van der Waals surface area contributed by atoms with Gasteiger partial charge in [-0.15, -0.1) is 0 Å². The molecule has 1 amide bonds. The second-order valence-corrected chi connectivity index (χ2v) is 11.3. The normalized spacial score (nSPS) is 15.6. The lowest BCUT2D eigenvalue weighted by atomic mass is 10.0.